The maximum atomic E-state index is 13.4. The van der Waals surface area contributed by atoms with Crippen LogP contribution in [0.25, 0.3) is 0 Å². The molecule has 0 aromatic heterocycles. The smallest absolute Gasteiger partial charge is 0.199 e. The predicted molar refractivity (Wildman–Crippen MR) is 59.5 cm³/mol. The molecule has 0 aliphatic rings. The first kappa shape index (κ1) is 27.8. The molecule has 0 saturated carbocycles. The molecule has 2 radical (unpaired) electrons. The standard InChI is InChI=1S/C12H7F17/c1-4(2,3)5(13,14)6(15,16)7(17,18)8(19,20)9(21,22)10(23,24)11(25,26)12(27,28)29/h1-2H2,3H3. The minimum atomic E-state index is -8.62. The van der Waals surface area contributed by atoms with Crippen LogP contribution in [0.2, 0.25) is 0 Å². The van der Waals surface area contributed by atoms with Gasteiger partial charge in [-0.2, -0.15) is 74.6 Å². The number of rotatable bonds is 7. The van der Waals surface area contributed by atoms with Gasteiger partial charge in [0.05, 0.1) is 0 Å². The van der Waals surface area contributed by atoms with Crippen molar-refractivity contribution in [2.45, 2.75) is 54.6 Å². The highest BCUT2D eigenvalue weighted by Gasteiger charge is 2.95. The van der Waals surface area contributed by atoms with Gasteiger partial charge in [-0.3, -0.25) is 0 Å². The van der Waals surface area contributed by atoms with Gasteiger partial charge in [0.15, 0.2) is 0 Å². The van der Waals surface area contributed by atoms with Gasteiger partial charge in [0, 0.05) is 5.41 Å². The molecule has 0 fully saturated rings. The molecule has 0 saturated heterocycles. The van der Waals surface area contributed by atoms with Gasteiger partial charge in [-0.1, -0.05) is 6.92 Å². The van der Waals surface area contributed by atoms with Gasteiger partial charge in [0.2, 0.25) is 0 Å². The fourth-order valence-corrected chi connectivity index (χ4v) is 1.54. The maximum absolute atomic E-state index is 13.4. The molecule has 17 heteroatoms. The molecule has 0 spiro atoms. The van der Waals surface area contributed by atoms with Crippen LogP contribution < -0.4 is 0 Å². The largest absolute Gasteiger partial charge is 0.460 e. The zero-order valence-electron chi connectivity index (χ0n) is 13.3. The average molecular weight is 474 g/mol. The summed E-state index contributed by atoms with van der Waals surface area (Å²) >= 11 is 0. The molecule has 0 aliphatic carbocycles. The highest BCUT2D eigenvalue weighted by molar-refractivity contribution is 5.17. The number of halogens is 17. The van der Waals surface area contributed by atoms with Gasteiger partial charge in [0.25, 0.3) is 0 Å². The van der Waals surface area contributed by atoms with Crippen molar-refractivity contribution in [3.63, 3.8) is 0 Å². The van der Waals surface area contributed by atoms with Crippen LogP contribution >= 0.6 is 0 Å². The molecule has 0 N–H and O–H groups in total. The second kappa shape index (κ2) is 6.40. The van der Waals surface area contributed by atoms with Crippen molar-refractivity contribution in [2.24, 2.45) is 5.41 Å². The number of alkyl halides is 17. The van der Waals surface area contributed by atoms with Crippen molar-refractivity contribution in [1.82, 2.24) is 0 Å². The van der Waals surface area contributed by atoms with Gasteiger partial charge < -0.3 is 0 Å². The maximum Gasteiger partial charge on any atom is 0.460 e. The van der Waals surface area contributed by atoms with E-state index in [0.29, 0.717) is 0 Å². The average Bonchev–Trinajstić information content (AvgIpc) is 2.43. The van der Waals surface area contributed by atoms with Crippen molar-refractivity contribution >= 4 is 0 Å². The summed E-state index contributed by atoms with van der Waals surface area (Å²) in [5.41, 5.74) is -3.93. The lowest BCUT2D eigenvalue weighted by molar-refractivity contribution is -0.464. The summed E-state index contributed by atoms with van der Waals surface area (Å²) in [7, 11) is 0. The van der Waals surface area contributed by atoms with Crippen molar-refractivity contribution in [1.29, 1.82) is 0 Å². The SMILES string of the molecule is [CH2]C([CH2])(C)C(F)(F)C(F)(F)C(F)(F)C(F)(F)C(F)(F)C(F)(F)C(F)(F)C(F)(F)F. The molecule has 0 aliphatic heterocycles. The van der Waals surface area contributed by atoms with Crippen LogP contribution in [0.3, 0.4) is 0 Å². The quantitative estimate of drug-likeness (QED) is 0.362. The van der Waals surface area contributed by atoms with Crippen molar-refractivity contribution < 1.29 is 74.6 Å². The third kappa shape index (κ3) is 3.29. The normalized spacial score (nSPS) is 17.0. The number of hydrogen-bond acceptors (Lipinski definition) is 0. The summed E-state index contributed by atoms with van der Waals surface area (Å²) in [6.45, 7) is 3.90. The topological polar surface area (TPSA) is 0 Å². The molecule has 0 rings (SSSR count). The molecular weight excluding hydrogens is 467 g/mol. The summed E-state index contributed by atoms with van der Waals surface area (Å²) in [5.74, 6) is -56.5. The van der Waals surface area contributed by atoms with Gasteiger partial charge in [0.1, 0.15) is 0 Å². The molecule has 0 aromatic carbocycles. The highest BCUT2D eigenvalue weighted by Crippen LogP contribution is 2.65. The molecule has 174 valence electrons. The lowest BCUT2D eigenvalue weighted by Gasteiger charge is -2.45. The van der Waals surface area contributed by atoms with Gasteiger partial charge in [-0.05, 0) is 13.8 Å². The predicted octanol–water partition coefficient (Wildman–Crippen LogP) is 6.67. The van der Waals surface area contributed by atoms with Crippen LogP contribution in [0.5, 0.6) is 0 Å². The summed E-state index contributed by atoms with van der Waals surface area (Å²) in [6.07, 6.45) is -7.77. The van der Waals surface area contributed by atoms with E-state index in [2.05, 4.69) is 13.8 Å². The van der Waals surface area contributed by atoms with E-state index in [4.69, 9.17) is 0 Å². The fourth-order valence-electron chi connectivity index (χ4n) is 1.54. The third-order valence-electron chi connectivity index (χ3n) is 3.48. The second-order valence-corrected chi connectivity index (χ2v) is 6.08. The van der Waals surface area contributed by atoms with Crippen LogP contribution in [0.4, 0.5) is 74.6 Å². The highest BCUT2D eigenvalue weighted by atomic mass is 19.4. The molecule has 0 aromatic rings. The van der Waals surface area contributed by atoms with Crippen LogP contribution in [0.15, 0.2) is 0 Å². The first-order valence-electron chi connectivity index (χ1n) is 6.42. The Morgan fingerprint density at radius 2 is 0.517 bits per heavy atom. The Morgan fingerprint density at radius 1 is 0.345 bits per heavy atom. The summed E-state index contributed by atoms with van der Waals surface area (Å²) < 4.78 is 220. The van der Waals surface area contributed by atoms with E-state index in [1.54, 1.807) is 0 Å². The minimum Gasteiger partial charge on any atom is -0.199 e. The molecular formula is C12H7F17. The molecule has 0 atom stereocenters. The summed E-state index contributed by atoms with van der Waals surface area (Å²) in [5, 5.41) is 0. The van der Waals surface area contributed by atoms with E-state index in [9.17, 15) is 74.6 Å². The molecule has 0 unspecified atom stereocenters. The van der Waals surface area contributed by atoms with E-state index in [1.165, 1.54) is 0 Å². The zero-order valence-corrected chi connectivity index (χ0v) is 13.3. The van der Waals surface area contributed by atoms with Gasteiger partial charge >= 0.3 is 47.6 Å². The van der Waals surface area contributed by atoms with E-state index >= 15 is 0 Å². The Balaban J connectivity index is 6.82. The van der Waals surface area contributed by atoms with Crippen molar-refractivity contribution in [2.75, 3.05) is 0 Å². The fraction of sp³-hybridized carbons (Fsp3) is 0.833. The molecule has 0 bridgehead atoms. The summed E-state index contributed by atoms with van der Waals surface area (Å²) in [4.78, 5) is 0. The van der Waals surface area contributed by atoms with Gasteiger partial charge in [-0.15, -0.1) is 0 Å². The lowest BCUT2D eigenvalue weighted by Crippen LogP contribution is -2.75. The Hall–Kier alpha value is -1.19. The molecule has 0 amide bonds. The molecule has 0 heterocycles. The zero-order chi connectivity index (χ0) is 24.5. The van der Waals surface area contributed by atoms with E-state index in [0.717, 1.165) is 0 Å². The Bertz CT molecular complexity index is 551. The first-order chi connectivity index (χ1) is 12.0. The molecule has 0 nitrogen and oxygen atoms in total. The van der Waals surface area contributed by atoms with Crippen molar-refractivity contribution in [3.8, 4) is 0 Å². The Labute approximate surface area is 150 Å². The van der Waals surface area contributed by atoms with E-state index < -0.39 is 53.0 Å². The van der Waals surface area contributed by atoms with Gasteiger partial charge in [-0.25, -0.2) is 0 Å². The number of hydrogen-bond donors (Lipinski definition) is 0. The van der Waals surface area contributed by atoms with Crippen LogP contribution in [-0.4, -0.2) is 47.6 Å². The monoisotopic (exact) mass is 474 g/mol. The van der Waals surface area contributed by atoms with E-state index in [-0.39, 0.29) is 6.92 Å². The van der Waals surface area contributed by atoms with Crippen LogP contribution in [0, 0.1) is 19.3 Å². The van der Waals surface area contributed by atoms with Crippen LogP contribution in [0.1, 0.15) is 6.92 Å². The van der Waals surface area contributed by atoms with Crippen LogP contribution in [-0.2, 0) is 0 Å². The first-order valence-corrected chi connectivity index (χ1v) is 6.42. The Kier molecular flexibility index (Phi) is 6.14. The third-order valence-corrected chi connectivity index (χ3v) is 3.48. The van der Waals surface area contributed by atoms with Crippen molar-refractivity contribution in [3.05, 3.63) is 13.8 Å². The molecule has 29 heavy (non-hydrogen) atoms. The lowest BCUT2D eigenvalue weighted by atomic mass is 9.79. The minimum absolute atomic E-state index is 0.223. The Morgan fingerprint density at radius 3 is 0.690 bits per heavy atom. The second-order valence-electron chi connectivity index (χ2n) is 6.08. The van der Waals surface area contributed by atoms with E-state index in [1.807, 2.05) is 0 Å². The summed E-state index contributed by atoms with van der Waals surface area (Å²) in [6, 6.07) is 0.